The number of carbonyl (C=O) groups excluding carboxylic acids is 3. The summed E-state index contributed by atoms with van der Waals surface area (Å²) in [6.07, 6.45) is 89.0. The molecular formula is C79H145NO8. The molecule has 0 aromatic carbocycles. The number of carbonyl (C=O) groups is 3. The largest absolute Gasteiger partial charge is 0.545 e. The van der Waals surface area contributed by atoms with Gasteiger partial charge in [-0.15, -0.1) is 0 Å². The van der Waals surface area contributed by atoms with Gasteiger partial charge < -0.3 is 33.3 Å². The van der Waals surface area contributed by atoms with Gasteiger partial charge in [0.05, 0.1) is 40.3 Å². The van der Waals surface area contributed by atoms with Crippen molar-refractivity contribution in [3.8, 4) is 0 Å². The van der Waals surface area contributed by atoms with E-state index in [-0.39, 0.29) is 32.2 Å². The minimum Gasteiger partial charge on any atom is -0.545 e. The first kappa shape index (κ1) is 85.0. The van der Waals surface area contributed by atoms with E-state index in [0.29, 0.717) is 17.4 Å². The first-order valence-electron chi connectivity index (χ1n) is 37.9. The molecule has 0 aromatic heterocycles. The Kier molecular flexibility index (Phi) is 67.5. The van der Waals surface area contributed by atoms with Gasteiger partial charge in [0, 0.05) is 12.8 Å². The van der Waals surface area contributed by atoms with Gasteiger partial charge >= 0.3 is 11.9 Å². The van der Waals surface area contributed by atoms with Crippen LogP contribution in [-0.2, 0) is 33.3 Å². The van der Waals surface area contributed by atoms with Gasteiger partial charge in [0.25, 0.3) is 0 Å². The van der Waals surface area contributed by atoms with Crippen LogP contribution >= 0.6 is 0 Å². The third-order valence-electron chi connectivity index (χ3n) is 17.0. The molecule has 2 unspecified atom stereocenters. The van der Waals surface area contributed by atoms with Crippen LogP contribution in [0.2, 0.25) is 0 Å². The lowest BCUT2D eigenvalue weighted by Gasteiger charge is -2.26. The Morgan fingerprint density at radius 3 is 0.966 bits per heavy atom. The average Bonchev–Trinajstić information content (AvgIpc) is 3.54. The topological polar surface area (TPSA) is 111 Å². The molecule has 0 amide bonds. The summed E-state index contributed by atoms with van der Waals surface area (Å²) in [5, 5.41) is 11.8. The molecular weight excluding hydrogens is 1090 g/mol. The Labute approximate surface area is 545 Å². The number of aliphatic carboxylic acids is 1. The first-order valence-corrected chi connectivity index (χ1v) is 37.9. The number of ether oxygens (including phenoxy) is 4. The molecule has 0 rings (SSSR count). The molecule has 2 atom stereocenters. The van der Waals surface area contributed by atoms with E-state index in [2.05, 4.69) is 74.6 Å². The molecule has 0 aromatic rings. The van der Waals surface area contributed by atoms with Crippen molar-refractivity contribution in [2.24, 2.45) is 0 Å². The van der Waals surface area contributed by atoms with Crippen LogP contribution < -0.4 is 5.11 Å². The Bertz CT molecular complexity index is 1630. The minimum atomic E-state index is -1.62. The summed E-state index contributed by atoms with van der Waals surface area (Å²) in [6.45, 7) is 4.71. The van der Waals surface area contributed by atoms with E-state index in [0.717, 1.165) is 70.6 Å². The summed E-state index contributed by atoms with van der Waals surface area (Å²) in [5.41, 5.74) is 0. The van der Waals surface area contributed by atoms with Crippen LogP contribution in [0.5, 0.6) is 0 Å². The van der Waals surface area contributed by atoms with Crippen molar-refractivity contribution in [3.63, 3.8) is 0 Å². The number of carboxylic acids is 1. The molecule has 0 saturated carbocycles. The highest BCUT2D eigenvalue weighted by atomic mass is 16.7. The van der Waals surface area contributed by atoms with Gasteiger partial charge in [0.15, 0.2) is 12.4 Å². The highest BCUT2D eigenvalue weighted by Gasteiger charge is 2.22. The number of likely N-dealkylation sites (N-methyl/N-ethyl adjacent to an activating group) is 1. The standard InChI is InChI=1S/C79H145NO8/c1-6-8-10-12-14-16-18-20-22-24-26-28-30-32-34-35-36-37-38-39-40-41-42-43-44-46-48-50-52-54-56-58-60-62-64-66-68-70-77(82)88-75(74-87-79(78(83)84)85-72-71-80(3,4)5)73-86-76(81)69-67-65-63-61-59-57-55-53-51-49-47-45-33-31-29-27-25-23-21-19-17-15-13-11-9-7-2/h8,10,14,16,20,22,26,28,32,34,75,79H,6-7,9,11-13,15,17-19,21,23-25,27,29-31,33,35-74H2,1-5H3/b10-8-,16-14-,22-20-,28-26-,34-32-. The van der Waals surface area contributed by atoms with Crippen molar-refractivity contribution in [3.05, 3.63) is 60.8 Å². The fraction of sp³-hybridized carbons (Fsp3) is 0.835. The summed E-state index contributed by atoms with van der Waals surface area (Å²) in [5.74, 6) is -2.25. The third-order valence-corrected chi connectivity index (χ3v) is 17.0. The molecule has 0 aliphatic rings. The lowest BCUT2D eigenvalue weighted by atomic mass is 10.0. The SMILES string of the molecule is CC/C=C\C/C=C\C/C=C\C/C=C\C/C=C\CCCCCCCCCCCCCCCCCCCCCCCC(=O)OC(COC(=O)CCCCCCCCCCCCCCCCCCCCCCCCCCCC)COC(OCC[N+](C)(C)C)C(=O)[O-]. The average molecular weight is 1240 g/mol. The summed E-state index contributed by atoms with van der Waals surface area (Å²) in [4.78, 5) is 37.5. The maximum absolute atomic E-state index is 13.0. The number of hydrogen-bond donors (Lipinski definition) is 0. The number of nitrogens with zero attached hydrogens (tertiary/aromatic N) is 1. The summed E-state index contributed by atoms with van der Waals surface area (Å²) in [7, 11) is 5.95. The zero-order valence-corrected chi connectivity index (χ0v) is 58.9. The number of hydrogen-bond acceptors (Lipinski definition) is 8. The van der Waals surface area contributed by atoms with Gasteiger partial charge in [-0.2, -0.15) is 0 Å². The fourth-order valence-electron chi connectivity index (χ4n) is 11.3. The number of quaternary nitrogens is 1. The van der Waals surface area contributed by atoms with E-state index in [9.17, 15) is 19.5 Å². The van der Waals surface area contributed by atoms with Crippen LogP contribution in [0.25, 0.3) is 0 Å². The fourth-order valence-corrected chi connectivity index (χ4v) is 11.3. The Morgan fingerprint density at radius 2 is 0.648 bits per heavy atom. The zero-order valence-electron chi connectivity index (χ0n) is 58.9. The maximum atomic E-state index is 13.0. The predicted molar refractivity (Wildman–Crippen MR) is 375 cm³/mol. The van der Waals surface area contributed by atoms with E-state index in [1.807, 2.05) is 21.1 Å². The van der Waals surface area contributed by atoms with Crippen LogP contribution in [0.4, 0.5) is 0 Å². The second kappa shape index (κ2) is 69.9. The van der Waals surface area contributed by atoms with Gasteiger partial charge in [-0.1, -0.05) is 357 Å². The molecule has 0 radical (unpaired) electrons. The van der Waals surface area contributed by atoms with Gasteiger partial charge in [-0.3, -0.25) is 9.59 Å². The van der Waals surface area contributed by atoms with Crippen molar-refractivity contribution in [2.45, 2.75) is 379 Å². The zero-order chi connectivity index (χ0) is 64.0. The molecule has 0 spiro atoms. The molecule has 0 bridgehead atoms. The van der Waals surface area contributed by atoms with Crippen molar-refractivity contribution in [2.75, 3.05) is 47.5 Å². The molecule has 9 nitrogen and oxygen atoms in total. The van der Waals surface area contributed by atoms with Gasteiger partial charge in [-0.05, 0) is 57.8 Å². The monoisotopic (exact) mass is 1240 g/mol. The van der Waals surface area contributed by atoms with Crippen LogP contribution in [0.15, 0.2) is 60.8 Å². The van der Waals surface area contributed by atoms with Crippen LogP contribution in [0.1, 0.15) is 367 Å². The van der Waals surface area contributed by atoms with Crippen molar-refractivity contribution in [1.29, 1.82) is 0 Å². The predicted octanol–water partition coefficient (Wildman–Crippen LogP) is 22.5. The molecule has 0 fully saturated rings. The minimum absolute atomic E-state index is 0.150. The number of unbranched alkanes of at least 4 members (excludes halogenated alkanes) is 46. The lowest BCUT2D eigenvalue weighted by molar-refractivity contribution is -0.870. The second-order valence-corrected chi connectivity index (χ2v) is 26.9. The Balaban J connectivity index is 4.00. The second-order valence-electron chi connectivity index (χ2n) is 26.9. The van der Waals surface area contributed by atoms with Crippen molar-refractivity contribution >= 4 is 17.9 Å². The van der Waals surface area contributed by atoms with E-state index in [1.165, 1.54) is 270 Å². The Hall–Kier alpha value is -3.01. The molecule has 9 heteroatoms. The van der Waals surface area contributed by atoms with Crippen molar-refractivity contribution < 1.29 is 42.9 Å². The third kappa shape index (κ3) is 70.4. The first-order chi connectivity index (χ1) is 43.1. The number of rotatable bonds is 71. The molecule has 514 valence electrons. The van der Waals surface area contributed by atoms with Crippen LogP contribution in [-0.4, -0.2) is 82.3 Å². The molecule has 0 N–H and O–H groups in total. The van der Waals surface area contributed by atoms with E-state index in [1.54, 1.807) is 0 Å². The normalized spacial score (nSPS) is 13.0. The summed E-state index contributed by atoms with van der Waals surface area (Å²) in [6, 6.07) is 0. The smallest absolute Gasteiger partial charge is 0.306 e. The molecule has 0 heterocycles. The van der Waals surface area contributed by atoms with E-state index >= 15 is 0 Å². The maximum Gasteiger partial charge on any atom is 0.306 e. The summed E-state index contributed by atoms with van der Waals surface area (Å²) >= 11 is 0. The van der Waals surface area contributed by atoms with Crippen LogP contribution in [0, 0.1) is 0 Å². The quantitative estimate of drug-likeness (QED) is 0.0195. The highest BCUT2D eigenvalue weighted by molar-refractivity contribution is 5.70. The van der Waals surface area contributed by atoms with E-state index < -0.39 is 24.3 Å². The summed E-state index contributed by atoms with van der Waals surface area (Å²) < 4.78 is 22.9. The number of esters is 2. The lowest BCUT2D eigenvalue weighted by Crippen LogP contribution is -2.44. The number of allylic oxidation sites excluding steroid dienone is 10. The molecule has 0 saturated heterocycles. The van der Waals surface area contributed by atoms with Crippen LogP contribution in [0.3, 0.4) is 0 Å². The molecule has 0 aliphatic heterocycles. The Morgan fingerprint density at radius 1 is 0.352 bits per heavy atom. The van der Waals surface area contributed by atoms with Gasteiger partial charge in [0.1, 0.15) is 13.2 Å². The number of carboxylic acid groups (broad SMARTS) is 1. The van der Waals surface area contributed by atoms with E-state index in [4.69, 9.17) is 18.9 Å². The molecule has 88 heavy (non-hydrogen) atoms. The van der Waals surface area contributed by atoms with Crippen molar-refractivity contribution in [1.82, 2.24) is 0 Å². The molecule has 0 aliphatic carbocycles. The van der Waals surface area contributed by atoms with Gasteiger partial charge in [-0.25, -0.2) is 0 Å². The highest BCUT2D eigenvalue weighted by Crippen LogP contribution is 2.19. The van der Waals surface area contributed by atoms with Gasteiger partial charge in [0.2, 0.25) is 0 Å².